The molecule has 0 radical (unpaired) electrons. The van der Waals surface area contributed by atoms with Crippen LogP contribution in [0.4, 0.5) is 0 Å². The highest BCUT2D eigenvalue weighted by Crippen LogP contribution is 2.28. The highest BCUT2D eigenvalue weighted by molar-refractivity contribution is 5.81. The number of methoxy groups -OCH3 is 1. The standard InChI is InChI=1S/C15H19NO5/c1-11(15(18)16-5-7-20-8-6-16)21-14-9-12(10-17)3-4-13(14)19-2/h3-4,9-11H,5-8H2,1-2H3. The molecule has 1 fully saturated rings. The van der Waals surface area contributed by atoms with E-state index in [1.54, 1.807) is 30.0 Å². The molecule has 0 N–H and O–H groups in total. The Morgan fingerprint density at radius 3 is 2.67 bits per heavy atom. The Kier molecular flexibility index (Phi) is 5.16. The van der Waals surface area contributed by atoms with E-state index >= 15 is 0 Å². The maximum atomic E-state index is 12.3. The van der Waals surface area contributed by atoms with Crippen LogP contribution in [0.5, 0.6) is 11.5 Å². The molecule has 21 heavy (non-hydrogen) atoms. The van der Waals surface area contributed by atoms with Crippen molar-refractivity contribution in [3.05, 3.63) is 23.8 Å². The maximum Gasteiger partial charge on any atom is 0.263 e. The minimum atomic E-state index is -0.654. The monoisotopic (exact) mass is 293 g/mol. The minimum Gasteiger partial charge on any atom is -0.493 e. The summed E-state index contributed by atoms with van der Waals surface area (Å²) in [5, 5.41) is 0. The molecule has 1 amide bonds. The second-order valence-electron chi connectivity index (χ2n) is 4.73. The number of aldehydes is 1. The Labute approximate surface area is 123 Å². The zero-order valence-corrected chi connectivity index (χ0v) is 12.2. The van der Waals surface area contributed by atoms with Crippen LogP contribution < -0.4 is 9.47 Å². The van der Waals surface area contributed by atoms with Gasteiger partial charge in [0.1, 0.15) is 6.29 Å². The maximum absolute atomic E-state index is 12.3. The minimum absolute atomic E-state index is 0.100. The number of morpholine rings is 1. The first-order valence-corrected chi connectivity index (χ1v) is 6.82. The number of benzene rings is 1. The van der Waals surface area contributed by atoms with E-state index < -0.39 is 6.10 Å². The first-order valence-electron chi connectivity index (χ1n) is 6.82. The summed E-state index contributed by atoms with van der Waals surface area (Å²) in [5.74, 6) is 0.773. The number of ether oxygens (including phenoxy) is 3. The molecule has 2 rings (SSSR count). The second kappa shape index (κ2) is 7.08. The van der Waals surface area contributed by atoms with Gasteiger partial charge in [0.2, 0.25) is 0 Å². The highest BCUT2D eigenvalue weighted by Gasteiger charge is 2.24. The van der Waals surface area contributed by atoms with Gasteiger partial charge in [-0.1, -0.05) is 0 Å². The lowest BCUT2D eigenvalue weighted by atomic mass is 10.2. The van der Waals surface area contributed by atoms with E-state index in [0.29, 0.717) is 43.4 Å². The van der Waals surface area contributed by atoms with Crippen LogP contribution in [-0.4, -0.2) is 56.6 Å². The number of amides is 1. The number of rotatable bonds is 5. The van der Waals surface area contributed by atoms with Crippen molar-refractivity contribution in [2.75, 3.05) is 33.4 Å². The Morgan fingerprint density at radius 2 is 2.05 bits per heavy atom. The Balaban J connectivity index is 2.08. The summed E-state index contributed by atoms with van der Waals surface area (Å²) in [4.78, 5) is 24.8. The van der Waals surface area contributed by atoms with Gasteiger partial charge in [-0.05, 0) is 25.1 Å². The first-order chi connectivity index (χ1) is 10.2. The van der Waals surface area contributed by atoms with Gasteiger partial charge in [-0.25, -0.2) is 0 Å². The summed E-state index contributed by atoms with van der Waals surface area (Å²) in [5.41, 5.74) is 0.469. The van der Waals surface area contributed by atoms with Crippen molar-refractivity contribution in [1.29, 1.82) is 0 Å². The fourth-order valence-corrected chi connectivity index (χ4v) is 2.14. The molecule has 1 aliphatic rings. The molecule has 0 aliphatic carbocycles. The third-order valence-electron chi connectivity index (χ3n) is 3.30. The van der Waals surface area contributed by atoms with Gasteiger partial charge in [0.05, 0.1) is 20.3 Å². The SMILES string of the molecule is COc1ccc(C=O)cc1OC(C)C(=O)N1CCOCC1. The van der Waals surface area contributed by atoms with E-state index in [0.717, 1.165) is 6.29 Å². The smallest absolute Gasteiger partial charge is 0.263 e. The second-order valence-corrected chi connectivity index (χ2v) is 4.73. The van der Waals surface area contributed by atoms with E-state index in [-0.39, 0.29) is 5.91 Å². The fourth-order valence-electron chi connectivity index (χ4n) is 2.14. The van der Waals surface area contributed by atoms with Crippen LogP contribution in [0.2, 0.25) is 0 Å². The van der Waals surface area contributed by atoms with Crippen LogP contribution in [0.25, 0.3) is 0 Å². The Hall–Kier alpha value is -2.08. The highest BCUT2D eigenvalue weighted by atomic mass is 16.5. The predicted molar refractivity (Wildman–Crippen MR) is 75.9 cm³/mol. The molecule has 0 spiro atoms. The number of nitrogens with zero attached hydrogens (tertiary/aromatic N) is 1. The van der Waals surface area contributed by atoms with Crippen LogP contribution in [0.15, 0.2) is 18.2 Å². The van der Waals surface area contributed by atoms with Gasteiger partial charge >= 0.3 is 0 Å². The topological polar surface area (TPSA) is 65.1 Å². The zero-order valence-electron chi connectivity index (χ0n) is 12.2. The quantitative estimate of drug-likeness (QED) is 0.762. The van der Waals surface area contributed by atoms with Crippen molar-refractivity contribution >= 4 is 12.2 Å². The molecule has 1 aromatic rings. The molecule has 0 aromatic heterocycles. The van der Waals surface area contributed by atoms with E-state index in [2.05, 4.69) is 0 Å². The van der Waals surface area contributed by atoms with Crippen LogP contribution in [0.1, 0.15) is 17.3 Å². The summed E-state index contributed by atoms with van der Waals surface area (Å²) >= 11 is 0. The van der Waals surface area contributed by atoms with Gasteiger partial charge in [-0.2, -0.15) is 0 Å². The number of carbonyl (C=O) groups is 2. The molecule has 6 nitrogen and oxygen atoms in total. The third-order valence-corrected chi connectivity index (χ3v) is 3.30. The van der Waals surface area contributed by atoms with Gasteiger partial charge in [-0.15, -0.1) is 0 Å². The van der Waals surface area contributed by atoms with Crippen LogP contribution in [0, 0.1) is 0 Å². The van der Waals surface area contributed by atoms with Crippen molar-refractivity contribution in [3.63, 3.8) is 0 Å². The lowest BCUT2D eigenvalue weighted by molar-refractivity contribution is -0.142. The largest absolute Gasteiger partial charge is 0.493 e. The van der Waals surface area contributed by atoms with E-state index in [4.69, 9.17) is 14.2 Å². The van der Waals surface area contributed by atoms with E-state index in [1.807, 2.05) is 0 Å². The molecule has 1 heterocycles. The van der Waals surface area contributed by atoms with Crippen molar-refractivity contribution in [1.82, 2.24) is 4.90 Å². The zero-order chi connectivity index (χ0) is 15.2. The molecule has 1 atom stereocenters. The van der Waals surface area contributed by atoms with Gasteiger partial charge in [0.15, 0.2) is 17.6 Å². The molecule has 114 valence electrons. The average molecular weight is 293 g/mol. The lowest BCUT2D eigenvalue weighted by Crippen LogP contribution is -2.46. The Morgan fingerprint density at radius 1 is 1.33 bits per heavy atom. The van der Waals surface area contributed by atoms with Gasteiger partial charge in [0, 0.05) is 18.7 Å². The molecule has 1 aliphatic heterocycles. The van der Waals surface area contributed by atoms with Gasteiger partial charge in [0.25, 0.3) is 5.91 Å². The molecule has 1 saturated heterocycles. The molecule has 1 unspecified atom stereocenters. The molecule has 0 saturated carbocycles. The van der Waals surface area contributed by atoms with Crippen molar-refractivity contribution in [2.45, 2.75) is 13.0 Å². The number of hydrogen-bond donors (Lipinski definition) is 0. The van der Waals surface area contributed by atoms with Gasteiger partial charge < -0.3 is 19.1 Å². The lowest BCUT2D eigenvalue weighted by Gasteiger charge is -2.29. The van der Waals surface area contributed by atoms with E-state index in [9.17, 15) is 9.59 Å². The average Bonchev–Trinajstić information content (AvgIpc) is 2.54. The van der Waals surface area contributed by atoms with Crippen molar-refractivity contribution in [3.8, 4) is 11.5 Å². The van der Waals surface area contributed by atoms with Crippen LogP contribution >= 0.6 is 0 Å². The summed E-state index contributed by atoms with van der Waals surface area (Å²) in [6.07, 6.45) is 0.0692. The third kappa shape index (κ3) is 3.72. The molecular weight excluding hydrogens is 274 g/mol. The first kappa shape index (κ1) is 15.3. The molecule has 1 aromatic carbocycles. The van der Waals surface area contributed by atoms with Crippen molar-refractivity contribution in [2.24, 2.45) is 0 Å². The molecular formula is C15H19NO5. The summed E-state index contributed by atoms with van der Waals surface area (Å²) < 4.78 is 16.1. The fraction of sp³-hybridized carbons (Fsp3) is 0.467. The predicted octanol–water partition coefficient (Wildman–Crippen LogP) is 1.13. The summed E-state index contributed by atoms with van der Waals surface area (Å²) in [7, 11) is 1.51. The Bertz CT molecular complexity index is 511. The number of hydrogen-bond acceptors (Lipinski definition) is 5. The van der Waals surface area contributed by atoms with Gasteiger partial charge in [-0.3, -0.25) is 9.59 Å². The molecule has 6 heteroatoms. The molecule has 0 bridgehead atoms. The van der Waals surface area contributed by atoms with Crippen molar-refractivity contribution < 1.29 is 23.8 Å². The van der Waals surface area contributed by atoms with Crippen LogP contribution in [-0.2, 0) is 9.53 Å². The number of carbonyl (C=O) groups excluding carboxylic acids is 2. The van der Waals surface area contributed by atoms with E-state index in [1.165, 1.54) is 7.11 Å². The normalized spacial score (nSPS) is 16.2. The summed E-state index contributed by atoms with van der Waals surface area (Å²) in [6, 6.07) is 4.84. The summed E-state index contributed by atoms with van der Waals surface area (Å²) in [6.45, 7) is 3.91. The van der Waals surface area contributed by atoms with Crippen LogP contribution in [0.3, 0.4) is 0 Å².